The number of nitrogens with zero attached hydrogens (tertiary/aromatic N) is 1. The molecule has 0 aliphatic heterocycles. The quantitative estimate of drug-likeness (QED) is 0.692. The molecule has 14 heavy (non-hydrogen) atoms. The molecule has 0 saturated heterocycles. The van der Waals surface area contributed by atoms with Gasteiger partial charge in [0.15, 0.2) is 0 Å². The zero-order valence-corrected chi connectivity index (χ0v) is 9.48. The molecule has 0 radical (unpaired) electrons. The van der Waals surface area contributed by atoms with E-state index in [4.69, 9.17) is 0 Å². The van der Waals surface area contributed by atoms with E-state index in [1.165, 1.54) is 6.07 Å². The van der Waals surface area contributed by atoms with E-state index in [0.717, 1.165) is 23.7 Å². The Hall–Kier alpha value is -0.540. The van der Waals surface area contributed by atoms with Crippen LogP contribution < -0.4 is 0 Å². The summed E-state index contributed by atoms with van der Waals surface area (Å²) in [6, 6.07) is 6.92. The van der Waals surface area contributed by atoms with E-state index in [2.05, 4.69) is 18.9 Å². The molecule has 0 N–H and O–H groups in total. The zero-order chi connectivity index (χ0) is 10.4. The Morgan fingerprint density at radius 2 is 2.07 bits per heavy atom. The minimum Gasteiger partial charge on any atom is -0.306 e. The molecule has 0 aliphatic rings. The normalized spacial score (nSPS) is 10.9. The summed E-state index contributed by atoms with van der Waals surface area (Å²) in [6.07, 6.45) is 0. The van der Waals surface area contributed by atoms with Gasteiger partial charge in [0.05, 0.1) is 0 Å². The van der Waals surface area contributed by atoms with Crippen LogP contribution in [0.1, 0.15) is 6.92 Å². The average Bonchev–Trinajstić information content (AvgIpc) is 2.20. The van der Waals surface area contributed by atoms with Crippen molar-refractivity contribution < 1.29 is 4.39 Å². The highest BCUT2D eigenvalue weighted by atomic mass is 32.2. The summed E-state index contributed by atoms with van der Waals surface area (Å²) < 4.78 is 13.2. The Labute approximate surface area is 89.3 Å². The van der Waals surface area contributed by atoms with Crippen LogP contribution in [0.5, 0.6) is 0 Å². The van der Waals surface area contributed by atoms with Crippen LogP contribution in [0.4, 0.5) is 4.39 Å². The summed E-state index contributed by atoms with van der Waals surface area (Å²) in [6.45, 7) is 4.15. The molecule has 1 rings (SSSR count). The third-order valence-electron chi connectivity index (χ3n) is 2.11. The number of hydrogen-bond acceptors (Lipinski definition) is 2. The van der Waals surface area contributed by atoms with Crippen LogP contribution in [0.15, 0.2) is 29.2 Å². The molecule has 0 unspecified atom stereocenters. The van der Waals surface area contributed by atoms with E-state index >= 15 is 0 Å². The lowest BCUT2D eigenvalue weighted by molar-refractivity contribution is 0.376. The van der Waals surface area contributed by atoms with E-state index < -0.39 is 0 Å². The minimum absolute atomic E-state index is 0.114. The van der Waals surface area contributed by atoms with Crippen molar-refractivity contribution in [1.82, 2.24) is 4.90 Å². The molecule has 0 atom stereocenters. The Morgan fingerprint density at radius 3 is 2.71 bits per heavy atom. The van der Waals surface area contributed by atoms with Crippen molar-refractivity contribution in [2.75, 3.05) is 25.9 Å². The third kappa shape index (κ3) is 3.68. The summed E-state index contributed by atoms with van der Waals surface area (Å²) in [5, 5.41) is 0. The smallest absolute Gasteiger partial charge is 0.136 e. The third-order valence-corrected chi connectivity index (χ3v) is 3.14. The van der Waals surface area contributed by atoms with Crippen molar-refractivity contribution in [3.05, 3.63) is 30.1 Å². The number of halogens is 1. The molecule has 1 aromatic carbocycles. The lowest BCUT2D eigenvalue weighted by Crippen LogP contribution is -2.20. The van der Waals surface area contributed by atoms with E-state index in [1.54, 1.807) is 17.8 Å². The van der Waals surface area contributed by atoms with Crippen LogP contribution >= 0.6 is 11.8 Å². The Kier molecular flexibility index (Phi) is 4.98. The van der Waals surface area contributed by atoms with E-state index in [0.29, 0.717) is 0 Å². The molecule has 0 fully saturated rings. The summed E-state index contributed by atoms with van der Waals surface area (Å²) in [5.74, 6) is 0.822. The fraction of sp³-hybridized carbons (Fsp3) is 0.455. The summed E-state index contributed by atoms with van der Waals surface area (Å²) >= 11 is 1.57. The predicted octanol–water partition coefficient (Wildman–Crippen LogP) is 2.87. The number of benzene rings is 1. The second-order valence-electron chi connectivity index (χ2n) is 3.17. The van der Waals surface area contributed by atoms with Gasteiger partial charge in [0.1, 0.15) is 5.82 Å². The molecule has 3 heteroatoms. The molecular weight excluding hydrogens is 197 g/mol. The van der Waals surface area contributed by atoms with Gasteiger partial charge in [-0.3, -0.25) is 0 Å². The molecule has 0 amide bonds. The lowest BCUT2D eigenvalue weighted by atomic mass is 10.3. The number of hydrogen-bond donors (Lipinski definition) is 0. The maximum atomic E-state index is 13.2. The summed E-state index contributed by atoms with van der Waals surface area (Å²) in [4.78, 5) is 2.96. The summed E-state index contributed by atoms with van der Waals surface area (Å²) in [7, 11) is 2.07. The van der Waals surface area contributed by atoms with Crippen molar-refractivity contribution in [2.24, 2.45) is 0 Å². The Morgan fingerprint density at radius 1 is 1.36 bits per heavy atom. The van der Waals surface area contributed by atoms with Crippen LogP contribution in [-0.4, -0.2) is 30.8 Å². The molecule has 1 aromatic rings. The highest BCUT2D eigenvalue weighted by Crippen LogP contribution is 2.20. The molecule has 1 nitrogen and oxygen atoms in total. The molecule has 78 valence electrons. The first kappa shape index (κ1) is 11.5. The molecule has 0 spiro atoms. The lowest BCUT2D eigenvalue weighted by Gasteiger charge is -2.12. The SMILES string of the molecule is CCN(C)CCSc1ccccc1F. The van der Waals surface area contributed by atoms with Crippen molar-refractivity contribution >= 4 is 11.8 Å². The molecule has 0 bridgehead atoms. The van der Waals surface area contributed by atoms with Crippen LogP contribution in [0, 0.1) is 5.82 Å². The van der Waals surface area contributed by atoms with Crippen LogP contribution in [0.25, 0.3) is 0 Å². The van der Waals surface area contributed by atoms with Gasteiger partial charge in [-0.15, -0.1) is 11.8 Å². The van der Waals surface area contributed by atoms with Crippen molar-refractivity contribution in [3.8, 4) is 0 Å². The van der Waals surface area contributed by atoms with Gasteiger partial charge >= 0.3 is 0 Å². The standard InChI is InChI=1S/C11H16FNS/c1-3-13(2)8-9-14-11-7-5-4-6-10(11)12/h4-7H,3,8-9H2,1-2H3. The zero-order valence-electron chi connectivity index (χ0n) is 8.66. The van der Waals surface area contributed by atoms with Crippen LogP contribution in [-0.2, 0) is 0 Å². The van der Waals surface area contributed by atoms with Crippen molar-refractivity contribution in [3.63, 3.8) is 0 Å². The highest BCUT2D eigenvalue weighted by molar-refractivity contribution is 7.99. The maximum absolute atomic E-state index is 13.2. The predicted molar refractivity (Wildman–Crippen MR) is 60.3 cm³/mol. The van der Waals surface area contributed by atoms with E-state index in [9.17, 15) is 4.39 Å². The first-order valence-corrected chi connectivity index (χ1v) is 5.78. The van der Waals surface area contributed by atoms with Crippen LogP contribution in [0.3, 0.4) is 0 Å². The van der Waals surface area contributed by atoms with Crippen molar-refractivity contribution in [2.45, 2.75) is 11.8 Å². The van der Waals surface area contributed by atoms with Gasteiger partial charge in [-0.1, -0.05) is 19.1 Å². The van der Waals surface area contributed by atoms with Gasteiger partial charge in [-0.05, 0) is 25.7 Å². The van der Waals surface area contributed by atoms with Gasteiger partial charge in [0.25, 0.3) is 0 Å². The highest BCUT2D eigenvalue weighted by Gasteiger charge is 2.01. The Bertz CT molecular complexity index is 278. The number of thioether (sulfide) groups is 1. The van der Waals surface area contributed by atoms with Gasteiger partial charge in [-0.25, -0.2) is 4.39 Å². The second-order valence-corrected chi connectivity index (χ2v) is 4.31. The van der Waals surface area contributed by atoms with E-state index in [1.807, 2.05) is 12.1 Å². The Balaban J connectivity index is 2.35. The number of rotatable bonds is 5. The first-order chi connectivity index (χ1) is 6.74. The molecule has 0 saturated carbocycles. The van der Waals surface area contributed by atoms with Gasteiger partial charge < -0.3 is 4.90 Å². The van der Waals surface area contributed by atoms with E-state index in [-0.39, 0.29) is 5.82 Å². The average molecular weight is 213 g/mol. The summed E-state index contributed by atoms with van der Waals surface area (Å²) in [5.41, 5.74) is 0. The van der Waals surface area contributed by atoms with Gasteiger partial charge in [-0.2, -0.15) is 0 Å². The molecular formula is C11H16FNS. The van der Waals surface area contributed by atoms with Gasteiger partial charge in [0, 0.05) is 17.2 Å². The minimum atomic E-state index is -0.114. The molecule has 0 aromatic heterocycles. The topological polar surface area (TPSA) is 3.24 Å². The molecule has 0 heterocycles. The van der Waals surface area contributed by atoms with Crippen LogP contribution in [0.2, 0.25) is 0 Å². The molecule has 0 aliphatic carbocycles. The fourth-order valence-corrected chi connectivity index (χ4v) is 2.03. The van der Waals surface area contributed by atoms with Crippen molar-refractivity contribution in [1.29, 1.82) is 0 Å². The second kappa shape index (κ2) is 6.04. The monoisotopic (exact) mass is 213 g/mol. The fourth-order valence-electron chi connectivity index (χ4n) is 1.03. The maximum Gasteiger partial charge on any atom is 0.136 e. The largest absolute Gasteiger partial charge is 0.306 e. The first-order valence-electron chi connectivity index (χ1n) is 4.80. The van der Waals surface area contributed by atoms with Gasteiger partial charge in [0.2, 0.25) is 0 Å².